The first-order chi connectivity index (χ1) is 7.90. The van der Waals surface area contributed by atoms with Gasteiger partial charge in [-0.05, 0) is 23.3 Å². The molecule has 0 nitrogen and oxygen atoms in total. The lowest BCUT2D eigenvalue weighted by molar-refractivity contribution is 1.59. The second-order valence-corrected chi connectivity index (χ2v) is 3.72. The molecule has 2 rings (SSSR count). The molecule has 0 amide bonds. The number of hydrogen-bond donors (Lipinski definition) is 1. The molecule has 0 aliphatic heterocycles. The topological polar surface area (TPSA) is 0 Å². The van der Waals surface area contributed by atoms with E-state index >= 15 is 0 Å². The van der Waals surface area contributed by atoms with Gasteiger partial charge in [-0.25, -0.2) is 0 Å². The quantitative estimate of drug-likeness (QED) is 0.555. The van der Waals surface area contributed by atoms with Crippen molar-refractivity contribution in [3.63, 3.8) is 0 Å². The highest BCUT2D eigenvalue weighted by Crippen LogP contribution is 2.18. The van der Waals surface area contributed by atoms with Crippen LogP contribution in [0.3, 0.4) is 0 Å². The largest absolute Gasteiger partial charge is 0.166 e. The van der Waals surface area contributed by atoms with Gasteiger partial charge in [0.2, 0.25) is 0 Å². The fourth-order valence-corrected chi connectivity index (χ4v) is 1.60. The van der Waals surface area contributed by atoms with Crippen LogP contribution in [0.25, 0.3) is 11.1 Å². The van der Waals surface area contributed by atoms with E-state index in [-0.39, 0.29) is 0 Å². The lowest BCUT2D eigenvalue weighted by atomic mass is 10.0. The molecule has 78 valence electrons. The molecule has 0 aliphatic rings. The van der Waals surface area contributed by atoms with Crippen molar-refractivity contribution < 1.29 is 0 Å². The van der Waals surface area contributed by atoms with Gasteiger partial charge >= 0.3 is 0 Å². The van der Waals surface area contributed by atoms with E-state index in [1.165, 1.54) is 11.1 Å². The highest BCUT2D eigenvalue weighted by atomic mass is 32.1. The van der Waals surface area contributed by atoms with Crippen molar-refractivity contribution in [1.29, 1.82) is 0 Å². The Balaban J connectivity index is 2.26. The predicted molar refractivity (Wildman–Crippen MR) is 72.6 cm³/mol. The highest BCUT2D eigenvalue weighted by molar-refractivity contribution is 7.80. The van der Waals surface area contributed by atoms with Gasteiger partial charge in [-0.3, -0.25) is 0 Å². The molecule has 0 bridgehead atoms. The molecule has 0 radical (unpaired) electrons. The SMILES string of the molecule is SCC#Cc1ccc(-c2ccccc2)cc1. The molecule has 0 unspecified atom stereocenters. The molecular weight excluding hydrogens is 212 g/mol. The predicted octanol–water partition coefficient (Wildman–Crippen LogP) is 3.63. The van der Waals surface area contributed by atoms with E-state index in [9.17, 15) is 0 Å². The summed E-state index contributed by atoms with van der Waals surface area (Å²) in [7, 11) is 0. The zero-order valence-corrected chi connectivity index (χ0v) is 9.74. The van der Waals surface area contributed by atoms with Gasteiger partial charge in [0.1, 0.15) is 0 Å². The maximum absolute atomic E-state index is 4.05. The molecule has 2 aromatic rings. The fourth-order valence-electron chi connectivity index (χ4n) is 1.52. The van der Waals surface area contributed by atoms with Gasteiger partial charge < -0.3 is 0 Å². The molecule has 0 heterocycles. The van der Waals surface area contributed by atoms with Crippen molar-refractivity contribution in [3.8, 4) is 23.0 Å². The Hall–Kier alpha value is -1.65. The molecule has 0 aromatic heterocycles. The Kier molecular flexibility index (Phi) is 3.69. The normalized spacial score (nSPS) is 9.31. The highest BCUT2D eigenvalue weighted by Gasteiger charge is 1.95. The van der Waals surface area contributed by atoms with Gasteiger partial charge in [-0.1, -0.05) is 54.3 Å². The minimum atomic E-state index is 0.598. The van der Waals surface area contributed by atoms with Crippen molar-refractivity contribution in [3.05, 3.63) is 60.2 Å². The monoisotopic (exact) mass is 224 g/mol. The third-order valence-corrected chi connectivity index (χ3v) is 2.46. The van der Waals surface area contributed by atoms with Crippen molar-refractivity contribution >= 4 is 12.6 Å². The van der Waals surface area contributed by atoms with Crippen LogP contribution in [-0.2, 0) is 0 Å². The Morgan fingerprint density at radius 3 is 2.06 bits per heavy atom. The number of hydrogen-bond acceptors (Lipinski definition) is 1. The van der Waals surface area contributed by atoms with Crippen LogP contribution in [0.5, 0.6) is 0 Å². The number of benzene rings is 2. The van der Waals surface area contributed by atoms with Crippen molar-refractivity contribution in [1.82, 2.24) is 0 Å². The van der Waals surface area contributed by atoms with Crippen molar-refractivity contribution in [2.24, 2.45) is 0 Å². The van der Waals surface area contributed by atoms with Crippen LogP contribution in [0.15, 0.2) is 54.6 Å². The smallest absolute Gasteiger partial charge is 0.0521 e. The third kappa shape index (κ3) is 2.68. The van der Waals surface area contributed by atoms with Gasteiger partial charge in [0.15, 0.2) is 0 Å². The van der Waals surface area contributed by atoms with Crippen LogP contribution < -0.4 is 0 Å². The zero-order chi connectivity index (χ0) is 11.2. The minimum Gasteiger partial charge on any atom is -0.166 e. The van der Waals surface area contributed by atoms with Crippen LogP contribution in [0.2, 0.25) is 0 Å². The summed E-state index contributed by atoms with van der Waals surface area (Å²) < 4.78 is 0. The molecule has 2 aromatic carbocycles. The summed E-state index contributed by atoms with van der Waals surface area (Å²) in [5.41, 5.74) is 3.49. The molecule has 0 saturated heterocycles. The number of rotatable bonds is 1. The fraction of sp³-hybridized carbons (Fsp3) is 0.0667. The van der Waals surface area contributed by atoms with Gasteiger partial charge in [-0.15, -0.1) is 0 Å². The standard InChI is InChI=1S/C15H12S/c16-12-4-5-13-8-10-15(11-9-13)14-6-2-1-3-7-14/h1-3,6-11,16H,12H2. The van der Waals surface area contributed by atoms with Crippen molar-refractivity contribution in [2.45, 2.75) is 0 Å². The molecular formula is C15H12S. The molecule has 1 heteroatoms. The van der Waals surface area contributed by atoms with Crippen LogP contribution in [0.4, 0.5) is 0 Å². The van der Waals surface area contributed by atoms with E-state index in [2.05, 4.69) is 48.7 Å². The molecule has 0 spiro atoms. The first-order valence-electron chi connectivity index (χ1n) is 5.15. The van der Waals surface area contributed by atoms with Crippen LogP contribution in [-0.4, -0.2) is 5.75 Å². The number of thiol groups is 1. The summed E-state index contributed by atoms with van der Waals surface area (Å²) in [5.74, 6) is 6.58. The van der Waals surface area contributed by atoms with Gasteiger partial charge in [-0.2, -0.15) is 12.6 Å². The Morgan fingerprint density at radius 1 is 0.812 bits per heavy atom. The first-order valence-corrected chi connectivity index (χ1v) is 5.78. The summed E-state index contributed by atoms with van der Waals surface area (Å²) in [6, 6.07) is 18.6. The summed E-state index contributed by atoms with van der Waals surface area (Å²) >= 11 is 4.05. The Morgan fingerprint density at radius 2 is 1.44 bits per heavy atom. The van der Waals surface area contributed by atoms with Crippen molar-refractivity contribution in [2.75, 3.05) is 5.75 Å². The van der Waals surface area contributed by atoms with E-state index in [4.69, 9.17) is 0 Å². The van der Waals surface area contributed by atoms with E-state index in [1.807, 2.05) is 30.3 Å². The molecule has 0 atom stereocenters. The lowest BCUT2D eigenvalue weighted by Crippen LogP contribution is -1.78. The molecule has 0 aliphatic carbocycles. The van der Waals surface area contributed by atoms with E-state index in [1.54, 1.807) is 0 Å². The molecule has 0 saturated carbocycles. The van der Waals surface area contributed by atoms with Crippen LogP contribution in [0, 0.1) is 11.8 Å². The van der Waals surface area contributed by atoms with Gasteiger partial charge in [0.05, 0.1) is 5.75 Å². The zero-order valence-electron chi connectivity index (χ0n) is 8.85. The van der Waals surface area contributed by atoms with E-state index < -0.39 is 0 Å². The summed E-state index contributed by atoms with van der Waals surface area (Å²) in [6.45, 7) is 0. The second kappa shape index (κ2) is 5.44. The Labute approximate surface area is 102 Å². The maximum Gasteiger partial charge on any atom is 0.0521 e. The molecule has 0 N–H and O–H groups in total. The Bertz CT molecular complexity index is 501. The minimum absolute atomic E-state index is 0.598. The van der Waals surface area contributed by atoms with Gasteiger partial charge in [0, 0.05) is 5.56 Å². The third-order valence-electron chi connectivity index (χ3n) is 2.30. The summed E-state index contributed by atoms with van der Waals surface area (Å²) in [6.07, 6.45) is 0. The van der Waals surface area contributed by atoms with Crippen LogP contribution in [0.1, 0.15) is 5.56 Å². The lowest BCUT2D eigenvalue weighted by Gasteiger charge is -2.00. The maximum atomic E-state index is 4.05. The molecule has 16 heavy (non-hydrogen) atoms. The van der Waals surface area contributed by atoms with Gasteiger partial charge in [0.25, 0.3) is 0 Å². The summed E-state index contributed by atoms with van der Waals surface area (Å²) in [4.78, 5) is 0. The second-order valence-electron chi connectivity index (χ2n) is 3.40. The molecule has 0 fully saturated rings. The van der Waals surface area contributed by atoms with E-state index in [0.717, 1.165) is 5.56 Å². The average molecular weight is 224 g/mol. The van der Waals surface area contributed by atoms with Crippen LogP contribution >= 0.6 is 12.6 Å². The first kappa shape index (κ1) is 10.9. The summed E-state index contributed by atoms with van der Waals surface area (Å²) in [5, 5.41) is 0. The average Bonchev–Trinajstić information content (AvgIpc) is 2.38. The van der Waals surface area contributed by atoms with E-state index in [0.29, 0.717) is 5.75 Å².